The molecule has 1 fully saturated rings. The van der Waals surface area contributed by atoms with Gasteiger partial charge in [-0.05, 0) is 43.9 Å². The van der Waals surface area contributed by atoms with Crippen molar-refractivity contribution in [2.75, 3.05) is 18.4 Å². The predicted octanol–water partition coefficient (Wildman–Crippen LogP) is 4.48. The van der Waals surface area contributed by atoms with Gasteiger partial charge in [-0.25, -0.2) is 13.5 Å². The normalized spacial score (nSPS) is 25.7. The number of pyridine rings is 1. The highest BCUT2D eigenvalue weighted by Gasteiger charge is 2.39. The zero-order chi connectivity index (χ0) is 20.6. The minimum Gasteiger partial charge on any atom is -0.367 e. The largest absolute Gasteiger partial charge is 0.367 e. The molecule has 0 radical (unpaired) electrons. The summed E-state index contributed by atoms with van der Waals surface area (Å²) in [6, 6.07) is 7.11. The van der Waals surface area contributed by atoms with Crippen LogP contribution in [0.15, 0.2) is 30.5 Å². The van der Waals surface area contributed by atoms with Gasteiger partial charge in [0, 0.05) is 36.8 Å². The maximum atomic E-state index is 13.9. The molecule has 0 aromatic carbocycles. The summed E-state index contributed by atoms with van der Waals surface area (Å²) in [7, 11) is 0. The number of fused-ring (bicyclic) bond motifs is 1. The Hall–Kier alpha value is -2.02. The summed E-state index contributed by atoms with van der Waals surface area (Å²) in [5.74, 6) is 1.08. The van der Waals surface area contributed by atoms with Gasteiger partial charge in [0.25, 0.3) is 6.43 Å². The van der Waals surface area contributed by atoms with Crippen LogP contribution in [0.4, 0.5) is 14.6 Å². The summed E-state index contributed by atoms with van der Waals surface area (Å²) >= 11 is 0. The molecule has 0 amide bonds. The van der Waals surface area contributed by atoms with E-state index < -0.39 is 12.5 Å². The first-order chi connectivity index (χ1) is 13.8. The van der Waals surface area contributed by atoms with Crippen molar-refractivity contribution in [1.82, 2.24) is 19.7 Å². The molecule has 158 valence electrons. The highest BCUT2D eigenvalue weighted by molar-refractivity contribution is 5.43. The molecule has 1 unspecified atom stereocenters. The Labute approximate surface area is 171 Å². The van der Waals surface area contributed by atoms with Crippen LogP contribution in [0.3, 0.4) is 0 Å². The number of nitrogens with zero attached hydrogens (tertiary/aromatic N) is 4. The van der Waals surface area contributed by atoms with Crippen molar-refractivity contribution in [3.05, 3.63) is 41.9 Å². The van der Waals surface area contributed by atoms with Gasteiger partial charge in [-0.2, -0.15) is 5.10 Å². The maximum Gasteiger partial charge on any atom is 0.260 e. The van der Waals surface area contributed by atoms with Crippen LogP contribution in [0, 0.1) is 5.92 Å². The van der Waals surface area contributed by atoms with E-state index in [-0.39, 0.29) is 11.5 Å². The molecule has 4 heterocycles. The average Bonchev–Trinajstić information content (AvgIpc) is 3.13. The summed E-state index contributed by atoms with van der Waals surface area (Å²) < 4.78 is 29.3. The number of nitrogens with one attached hydrogen (secondary N) is 1. The Bertz CT molecular complexity index is 814. The number of halogens is 2. The lowest BCUT2D eigenvalue weighted by atomic mass is 9.86. The molecule has 7 heteroatoms. The number of likely N-dealkylation sites (tertiary alicyclic amines) is 1. The van der Waals surface area contributed by atoms with E-state index in [0.717, 1.165) is 49.7 Å². The fourth-order valence-electron chi connectivity index (χ4n) is 4.53. The predicted molar refractivity (Wildman–Crippen MR) is 110 cm³/mol. The zero-order valence-corrected chi connectivity index (χ0v) is 17.5. The quantitative estimate of drug-likeness (QED) is 0.818. The first kappa shape index (κ1) is 20.3. The number of piperidine rings is 1. The molecule has 5 nitrogen and oxygen atoms in total. The molecule has 0 aliphatic carbocycles. The van der Waals surface area contributed by atoms with Gasteiger partial charge in [-0.3, -0.25) is 9.88 Å². The molecule has 0 spiro atoms. The number of hydrogen-bond acceptors (Lipinski definition) is 4. The topological polar surface area (TPSA) is 46.0 Å². The van der Waals surface area contributed by atoms with Gasteiger partial charge in [0.2, 0.25) is 0 Å². The van der Waals surface area contributed by atoms with E-state index in [4.69, 9.17) is 0 Å². The second-order valence-electron chi connectivity index (χ2n) is 9.46. The van der Waals surface area contributed by atoms with Gasteiger partial charge in [0.15, 0.2) is 0 Å². The van der Waals surface area contributed by atoms with Gasteiger partial charge >= 0.3 is 0 Å². The third-order valence-electron chi connectivity index (χ3n) is 6.16. The second-order valence-corrected chi connectivity index (χ2v) is 9.46. The van der Waals surface area contributed by atoms with Crippen LogP contribution >= 0.6 is 0 Å². The Balaban J connectivity index is 1.50. The van der Waals surface area contributed by atoms with Crippen molar-refractivity contribution < 1.29 is 8.78 Å². The van der Waals surface area contributed by atoms with E-state index in [1.807, 2.05) is 30.5 Å². The van der Waals surface area contributed by atoms with Crippen molar-refractivity contribution in [3.63, 3.8) is 0 Å². The molecule has 1 N–H and O–H groups in total. The standard InChI is InChI=1S/C22H31F2N5/c1-22(2,3)19-12-20-26-17(11-18(21(23)24)29(20)27-19)15-7-6-10-28(13-15)14-16-8-4-5-9-25-16/h4-5,8-9,12,15,17-18,21,26H,6-7,10-11,13-14H2,1-3H3/t15?,17-,18+/m1/s1. The van der Waals surface area contributed by atoms with Crippen LogP contribution in [-0.4, -0.2) is 45.2 Å². The Morgan fingerprint density at radius 1 is 1.28 bits per heavy atom. The van der Waals surface area contributed by atoms with E-state index in [0.29, 0.717) is 12.3 Å². The number of hydrogen-bond donors (Lipinski definition) is 1. The molecule has 1 saturated heterocycles. The molecule has 0 bridgehead atoms. The molecule has 2 aliphatic heterocycles. The highest BCUT2D eigenvalue weighted by Crippen LogP contribution is 2.38. The molecule has 2 aromatic rings. The molecule has 29 heavy (non-hydrogen) atoms. The minimum absolute atomic E-state index is 0.0394. The van der Waals surface area contributed by atoms with Gasteiger partial charge in [0.05, 0.1) is 11.4 Å². The number of rotatable bonds is 4. The lowest BCUT2D eigenvalue weighted by Gasteiger charge is -2.41. The van der Waals surface area contributed by atoms with Crippen molar-refractivity contribution >= 4 is 5.82 Å². The van der Waals surface area contributed by atoms with Crippen molar-refractivity contribution in [1.29, 1.82) is 0 Å². The fourth-order valence-corrected chi connectivity index (χ4v) is 4.53. The first-order valence-corrected chi connectivity index (χ1v) is 10.6. The van der Waals surface area contributed by atoms with Crippen molar-refractivity contribution in [3.8, 4) is 0 Å². The third kappa shape index (κ3) is 4.44. The summed E-state index contributed by atoms with van der Waals surface area (Å²) in [6.07, 6.45) is 1.96. The maximum absolute atomic E-state index is 13.9. The Morgan fingerprint density at radius 2 is 2.10 bits per heavy atom. The zero-order valence-electron chi connectivity index (χ0n) is 17.5. The highest BCUT2D eigenvalue weighted by atomic mass is 19.3. The molecule has 0 saturated carbocycles. The van der Waals surface area contributed by atoms with E-state index in [2.05, 4.69) is 41.1 Å². The van der Waals surface area contributed by atoms with Crippen LogP contribution in [-0.2, 0) is 12.0 Å². The number of alkyl halides is 2. The van der Waals surface area contributed by atoms with Crippen LogP contribution in [0.2, 0.25) is 0 Å². The minimum atomic E-state index is -2.42. The van der Waals surface area contributed by atoms with Gasteiger partial charge in [0.1, 0.15) is 11.9 Å². The summed E-state index contributed by atoms with van der Waals surface area (Å²) in [4.78, 5) is 6.84. The van der Waals surface area contributed by atoms with E-state index in [9.17, 15) is 8.78 Å². The van der Waals surface area contributed by atoms with Gasteiger partial charge in [-0.15, -0.1) is 0 Å². The molecular formula is C22H31F2N5. The number of aromatic nitrogens is 3. The molecule has 4 rings (SSSR count). The lowest BCUT2D eigenvalue weighted by molar-refractivity contribution is 0.0549. The SMILES string of the molecule is CC(C)(C)c1cc2n(n1)[C@H](C(F)F)C[C@H](C1CCCN(Cc3ccccn3)C1)N2. The van der Waals surface area contributed by atoms with Gasteiger partial charge < -0.3 is 5.32 Å². The summed E-state index contributed by atoms with van der Waals surface area (Å²) in [5.41, 5.74) is 1.74. The monoisotopic (exact) mass is 403 g/mol. The van der Waals surface area contributed by atoms with Crippen LogP contribution in [0.5, 0.6) is 0 Å². The number of anilines is 1. The van der Waals surface area contributed by atoms with E-state index >= 15 is 0 Å². The summed E-state index contributed by atoms with van der Waals surface area (Å²) in [5, 5.41) is 8.08. The van der Waals surface area contributed by atoms with Crippen molar-refractivity contribution in [2.24, 2.45) is 5.92 Å². The second kappa shape index (κ2) is 8.01. The van der Waals surface area contributed by atoms with Gasteiger partial charge in [-0.1, -0.05) is 26.8 Å². The van der Waals surface area contributed by atoms with E-state index in [1.165, 1.54) is 4.68 Å². The third-order valence-corrected chi connectivity index (χ3v) is 6.16. The smallest absolute Gasteiger partial charge is 0.260 e. The van der Waals surface area contributed by atoms with Crippen LogP contribution < -0.4 is 5.32 Å². The molecule has 3 atom stereocenters. The fraction of sp³-hybridized carbons (Fsp3) is 0.636. The molecule has 2 aliphatic rings. The van der Waals surface area contributed by atoms with Crippen molar-refractivity contribution in [2.45, 2.75) is 70.5 Å². The molecule has 2 aromatic heterocycles. The van der Waals surface area contributed by atoms with E-state index in [1.54, 1.807) is 0 Å². The van der Waals surface area contributed by atoms with Crippen LogP contribution in [0.1, 0.15) is 57.5 Å². The van der Waals surface area contributed by atoms with Crippen LogP contribution in [0.25, 0.3) is 0 Å². The first-order valence-electron chi connectivity index (χ1n) is 10.6. The Kier molecular flexibility index (Phi) is 5.60. The lowest BCUT2D eigenvalue weighted by Crippen LogP contribution is -2.46. The molecular weight excluding hydrogens is 372 g/mol. The summed E-state index contributed by atoms with van der Waals surface area (Å²) in [6.45, 7) is 8.94. The Morgan fingerprint density at radius 3 is 2.79 bits per heavy atom. The average molecular weight is 404 g/mol.